The number of allylic oxidation sites excluding steroid dienone is 3. The zero-order valence-corrected chi connectivity index (χ0v) is 7.67. The zero-order chi connectivity index (χ0) is 9.68. The highest BCUT2D eigenvalue weighted by atomic mass is 16.7. The van der Waals surface area contributed by atoms with Crippen LogP contribution >= 0.6 is 0 Å². The van der Waals surface area contributed by atoms with Crippen molar-refractivity contribution in [1.29, 1.82) is 0 Å². The SMILES string of the molecule is C=C/C=C1\NC(ONC)CCC1=O. The van der Waals surface area contributed by atoms with Crippen LogP contribution in [-0.4, -0.2) is 19.1 Å². The number of hydrogen-bond acceptors (Lipinski definition) is 4. The molecule has 0 aromatic heterocycles. The topological polar surface area (TPSA) is 50.4 Å². The first-order chi connectivity index (χ1) is 6.27. The Hall–Kier alpha value is -1.13. The molecule has 0 aromatic rings. The monoisotopic (exact) mass is 182 g/mol. The molecule has 0 saturated carbocycles. The smallest absolute Gasteiger partial charge is 0.178 e. The number of hydrogen-bond donors (Lipinski definition) is 2. The van der Waals surface area contributed by atoms with Gasteiger partial charge in [-0.3, -0.25) is 9.63 Å². The van der Waals surface area contributed by atoms with Gasteiger partial charge in [-0.05, 0) is 6.08 Å². The number of hydroxylamine groups is 1. The van der Waals surface area contributed by atoms with Crippen LogP contribution in [0.3, 0.4) is 0 Å². The first-order valence-corrected chi connectivity index (χ1v) is 4.22. The number of ketones is 1. The summed E-state index contributed by atoms with van der Waals surface area (Å²) >= 11 is 0. The Balaban J connectivity index is 2.57. The first kappa shape index (κ1) is 9.95. The molecular weight excluding hydrogens is 168 g/mol. The van der Waals surface area contributed by atoms with Gasteiger partial charge in [-0.15, -0.1) is 0 Å². The molecule has 0 aromatic carbocycles. The van der Waals surface area contributed by atoms with Gasteiger partial charge in [0.05, 0.1) is 5.70 Å². The van der Waals surface area contributed by atoms with Crippen LogP contribution in [0.4, 0.5) is 0 Å². The van der Waals surface area contributed by atoms with Gasteiger partial charge < -0.3 is 5.32 Å². The van der Waals surface area contributed by atoms with Crippen molar-refractivity contribution in [1.82, 2.24) is 10.8 Å². The van der Waals surface area contributed by atoms with Crippen molar-refractivity contribution in [3.05, 3.63) is 24.4 Å². The normalized spacial score (nSPS) is 25.8. The van der Waals surface area contributed by atoms with E-state index in [1.165, 1.54) is 0 Å². The molecule has 4 nitrogen and oxygen atoms in total. The lowest BCUT2D eigenvalue weighted by Crippen LogP contribution is -2.41. The Labute approximate surface area is 77.6 Å². The summed E-state index contributed by atoms with van der Waals surface area (Å²) in [4.78, 5) is 16.4. The molecular formula is C9H14N2O2. The molecule has 0 amide bonds. The lowest BCUT2D eigenvalue weighted by Gasteiger charge is -2.24. The number of carbonyl (C=O) groups excluding carboxylic acids is 1. The Kier molecular flexibility index (Phi) is 3.67. The Morgan fingerprint density at radius 1 is 1.77 bits per heavy atom. The summed E-state index contributed by atoms with van der Waals surface area (Å²) in [6.45, 7) is 3.54. The van der Waals surface area contributed by atoms with Gasteiger partial charge >= 0.3 is 0 Å². The van der Waals surface area contributed by atoms with Crippen molar-refractivity contribution in [2.24, 2.45) is 0 Å². The van der Waals surface area contributed by atoms with Crippen molar-refractivity contribution in [2.45, 2.75) is 19.1 Å². The van der Waals surface area contributed by atoms with E-state index < -0.39 is 0 Å². The average Bonchev–Trinajstić information content (AvgIpc) is 2.12. The third-order valence-corrected chi connectivity index (χ3v) is 1.80. The van der Waals surface area contributed by atoms with Gasteiger partial charge in [0.1, 0.15) is 6.23 Å². The van der Waals surface area contributed by atoms with E-state index in [1.54, 1.807) is 19.2 Å². The standard InChI is InChI=1S/C9H14N2O2/c1-3-4-7-8(12)5-6-9(11-7)13-10-2/h3-4,9-11H,1,5-6H2,2H3/b7-4-. The highest BCUT2D eigenvalue weighted by Crippen LogP contribution is 2.12. The van der Waals surface area contributed by atoms with E-state index in [2.05, 4.69) is 17.4 Å². The fourth-order valence-electron chi connectivity index (χ4n) is 1.21. The van der Waals surface area contributed by atoms with Gasteiger partial charge in [0.25, 0.3) is 0 Å². The maximum absolute atomic E-state index is 11.3. The van der Waals surface area contributed by atoms with Crippen LogP contribution < -0.4 is 10.8 Å². The van der Waals surface area contributed by atoms with Crippen molar-refractivity contribution in [2.75, 3.05) is 7.05 Å². The molecule has 0 aliphatic carbocycles. The lowest BCUT2D eigenvalue weighted by molar-refractivity contribution is -0.121. The highest BCUT2D eigenvalue weighted by molar-refractivity contribution is 5.95. The van der Waals surface area contributed by atoms with Crippen LogP contribution in [0.5, 0.6) is 0 Å². The van der Waals surface area contributed by atoms with E-state index >= 15 is 0 Å². The molecule has 72 valence electrons. The quantitative estimate of drug-likeness (QED) is 0.492. The van der Waals surface area contributed by atoms with Crippen LogP contribution in [0.15, 0.2) is 24.4 Å². The van der Waals surface area contributed by atoms with Gasteiger partial charge in [-0.25, -0.2) is 5.48 Å². The molecule has 0 spiro atoms. The summed E-state index contributed by atoms with van der Waals surface area (Å²) in [6, 6.07) is 0. The first-order valence-electron chi connectivity index (χ1n) is 4.22. The second kappa shape index (κ2) is 4.79. The predicted molar refractivity (Wildman–Crippen MR) is 49.6 cm³/mol. The van der Waals surface area contributed by atoms with E-state index in [1.807, 2.05) is 0 Å². The summed E-state index contributed by atoms with van der Waals surface area (Å²) in [5.41, 5.74) is 3.16. The number of piperidine rings is 1. The molecule has 1 saturated heterocycles. The molecule has 2 N–H and O–H groups in total. The van der Waals surface area contributed by atoms with Crippen LogP contribution in [0.1, 0.15) is 12.8 Å². The second-order valence-corrected chi connectivity index (χ2v) is 2.73. The molecule has 4 heteroatoms. The third-order valence-electron chi connectivity index (χ3n) is 1.80. The summed E-state index contributed by atoms with van der Waals surface area (Å²) in [7, 11) is 1.69. The minimum Gasteiger partial charge on any atom is -0.356 e. The maximum atomic E-state index is 11.3. The minimum absolute atomic E-state index is 0.107. The van der Waals surface area contributed by atoms with Crippen LogP contribution in [-0.2, 0) is 9.63 Å². The second-order valence-electron chi connectivity index (χ2n) is 2.73. The molecule has 1 fully saturated rings. The van der Waals surface area contributed by atoms with E-state index in [9.17, 15) is 4.79 Å². The minimum atomic E-state index is -0.131. The van der Waals surface area contributed by atoms with Crippen LogP contribution in [0, 0.1) is 0 Å². The zero-order valence-electron chi connectivity index (χ0n) is 7.67. The van der Waals surface area contributed by atoms with Crippen molar-refractivity contribution in [3.8, 4) is 0 Å². The lowest BCUT2D eigenvalue weighted by atomic mass is 10.1. The van der Waals surface area contributed by atoms with E-state index in [0.29, 0.717) is 18.5 Å². The summed E-state index contributed by atoms with van der Waals surface area (Å²) in [5, 5.41) is 2.96. The maximum Gasteiger partial charge on any atom is 0.178 e. The van der Waals surface area contributed by atoms with E-state index in [0.717, 1.165) is 0 Å². The Bertz CT molecular complexity index is 236. The molecule has 1 unspecified atom stereocenters. The average molecular weight is 182 g/mol. The molecule has 1 rings (SSSR count). The number of rotatable bonds is 3. The molecule has 0 bridgehead atoms. The fourth-order valence-corrected chi connectivity index (χ4v) is 1.21. The van der Waals surface area contributed by atoms with E-state index in [-0.39, 0.29) is 12.0 Å². The molecule has 0 radical (unpaired) electrons. The summed E-state index contributed by atoms with van der Waals surface area (Å²) in [5.74, 6) is 0.107. The highest BCUT2D eigenvalue weighted by Gasteiger charge is 2.22. The third kappa shape index (κ3) is 2.68. The fraction of sp³-hybridized carbons (Fsp3) is 0.444. The number of carbonyl (C=O) groups is 1. The Morgan fingerprint density at radius 3 is 3.15 bits per heavy atom. The molecule has 1 heterocycles. The van der Waals surface area contributed by atoms with Crippen molar-refractivity contribution in [3.63, 3.8) is 0 Å². The Morgan fingerprint density at radius 2 is 2.54 bits per heavy atom. The number of Topliss-reactive ketones (excluding diaryl/α,β-unsaturated/α-hetero) is 1. The van der Waals surface area contributed by atoms with Crippen LogP contribution in [0.25, 0.3) is 0 Å². The molecule has 1 aliphatic heterocycles. The van der Waals surface area contributed by atoms with Gasteiger partial charge in [-0.2, -0.15) is 0 Å². The van der Waals surface area contributed by atoms with Crippen LogP contribution in [0.2, 0.25) is 0 Å². The van der Waals surface area contributed by atoms with Gasteiger partial charge in [0.15, 0.2) is 5.78 Å². The van der Waals surface area contributed by atoms with E-state index in [4.69, 9.17) is 4.84 Å². The molecule has 1 atom stereocenters. The summed E-state index contributed by atoms with van der Waals surface area (Å²) in [6.07, 6.45) is 4.32. The van der Waals surface area contributed by atoms with Gasteiger partial charge in [-0.1, -0.05) is 12.7 Å². The van der Waals surface area contributed by atoms with Gasteiger partial charge in [0, 0.05) is 19.9 Å². The predicted octanol–water partition coefficient (Wildman–Crippen LogP) is 0.486. The summed E-state index contributed by atoms with van der Waals surface area (Å²) < 4.78 is 0. The largest absolute Gasteiger partial charge is 0.356 e. The molecule has 1 aliphatic rings. The van der Waals surface area contributed by atoms with Crippen molar-refractivity contribution >= 4 is 5.78 Å². The number of nitrogens with one attached hydrogen (secondary N) is 2. The van der Waals surface area contributed by atoms with Crippen molar-refractivity contribution < 1.29 is 9.63 Å². The molecule has 13 heavy (non-hydrogen) atoms. The van der Waals surface area contributed by atoms with Gasteiger partial charge in [0.2, 0.25) is 0 Å².